The molecule has 0 radical (unpaired) electrons. The Morgan fingerprint density at radius 3 is 2.63 bits per heavy atom. The number of nitrogens with one attached hydrogen (secondary N) is 1. The van der Waals surface area contributed by atoms with E-state index in [1.807, 2.05) is 18.2 Å². The summed E-state index contributed by atoms with van der Waals surface area (Å²) in [4.78, 5) is 8.46. The lowest BCUT2D eigenvalue weighted by molar-refractivity contribution is 0.601. The van der Waals surface area contributed by atoms with E-state index >= 15 is 0 Å². The molecule has 1 N–H and O–H groups in total. The molecular weight excluding hydrogens is 418 g/mol. The van der Waals surface area contributed by atoms with Gasteiger partial charge in [-0.25, -0.2) is 8.42 Å². The Balaban J connectivity index is 1.79. The van der Waals surface area contributed by atoms with Crippen molar-refractivity contribution in [3.05, 3.63) is 94.9 Å². The molecule has 0 atom stereocenters. The van der Waals surface area contributed by atoms with Gasteiger partial charge in [-0.05, 0) is 48.9 Å². The molecule has 0 amide bonds. The van der Waals surface area contributed by atoms with Crippen LogP contribution in [0, 0.1) is 18.8 Å². The van der Waals surface area contributed by atoms with Gasteiger partial charge in [0.2, 0.25) is 0 Å². The molecule has 2 aromatic carbocycles. The Bertz CT molecular complexity index is 1410. The standard InChI is InChI=1S/C23H16ClN3O2S/c1-16-6-8-18-5-3-13-26-22(18)23(16)30(28,29)27-21-11-10-20(24)14-19(21)9-7-17-4-2-12-25-15-17/h2-6,8,10-15,27H,1H3. The molecule has 0 spiro atoms. The van der Waals surface area contributed by atoms with E-state index in [1.54, 1.807) is 61.9 Å². The SMILES string of the molecule is Cc1ccc2cccnc2c1S(=O)(=O)Nc1ccc(Cl)cc1C#Cc1cccnc1. The number of halogens is 1. The van der Waals surface area contributed by atoms with Crippen LogP contribution in [0.3, 0.4) is 0 Å². The number of benzene rings is 2. The average Bonchev–Trinajstić information content (AvgIpc) is 2.74. The largest absolute Gasteiger partial charge is 0.278 e. The molecule has 30 heavy (non-hydrogen) atoms. The summed E-state index contributed by atoms with van der Waals surface area (Å²) in [6.07, 6.45) is 4.87. The number of aromatic nitrogens is 2. The molecule has 5 nitrogen and oxygen atoms in total. The van der Waals surface area contributed by atoms with Crippen molar-refractivity contribution in [1.82, 2.24) is 9.97 Å². The number of aryl methyl sites for hydroxylation is 1. The molecule has 2 heterocycles. The molecular formula is C23H16ClN3O2S. The number of hydrogen-bond donors (Lipinski definition) is 1. The fourth-order valence-electron chi connectivity index (χ4n) is 3.04. The highest BCUT2D eigenvalue weighted by atomic mass is 35.5. The molecule has 0 bridgehead atoms. The summed E-state index contributed by atoms with van der Waals surface area (Å²) >= 11 is 6.12. The lowest BCUT2D eigenvalue weighted by Crippen LogP contribution is -2.16. The normalized spacial score (nSPS) is 11.0. The van der Waals surface area contributed by atoms with Gasteiger partial charge < -0.3 is 0 Å². The van der Waals surface area contributed by atoms with Gasteiger partial charge in [0.05, 0.1) is 16.8 Å². The lowest BCUT2D eigenvalue weighted by atomic mass is 10.1. The average molecular weight is 434 g/mol. The first-order valence-electron chi connectivity index (χ1n) is 9.03. The Morgan fingerprint density at radius 1 is 1.00 bits per heavy atom. The molecule has 7 heteroatoms. The topological polar surface area (TPSA) is 72.0 Å². The third-order valence-corrected chi connectivity index (χ3v) is 6.20. The number of sulfonamides is 1. The summed E-state index contributed by atoms with van der Waals surface area (Å²) in [7, 11) is -3.92. The molecule has 0 aliphatic rings. The Morgan fingerprint density at radius 2 is 1.83 bits per heavy atom. The van der Waals surface area contributed by atoms with Crippen LogP contribution in [-0.2, 0) is 10.0 Å². The monoisotopic (exact) mass is 433 g/mol. The van der Waals surface area contributed by atoms with E-state index in [0.29, 0.717) is 32.9 Å². The first kappa shape index (κ1) is 19.9. The summed E-state index contributed by atoms with van der Waals surface area (Å²) < 4.78 is 29.3. The molecule has 0 aliphatic carbocycles. The number of rotatable bonds is 3. The Labute approximate surface area is 179 Å². The third-order valence-electron chi connectivity index (χ3n) is 4.42. The summed E-state index contributed by atoms with van der Waals surface area (Å²) in [6, 6.07) is 15.6. The van der Waals surface area contributed by atoms with E-state index in [1.165, 1.54) is 0 Å². The second kappa shape index (κ2) is 8.15. The smallest absolute Gasteiger partial charge is 0.264 e. The first-order chi connectivity index (χ1) is 14.4. The maximum Gasteiger partial charge on any atom is 0.264 e. The van der Waals surface area contributed by atoms with Crippen LogP contribution in [0.4, 0.5) is 5.69 Å². The zero-order valence-corrected chi connectivity index (χ0v) is 17.5. The molecule has 0 unspecified atom stereocenters. The van der Waals surface area contributed by atoms with E-state index in [4.69, 9.17) is 11.6 Å². The van der Waals surface area contributed by atoms with Crippen molar-refractivity contribution in [3.63, 3.8) is 0 Å². The van der Waals surface area contributed by atoms with Crippen molar-refractivity contribution in [2.45, 2.75) is 11.8 Å². The van der Waals surface area contributed by atoms with Crippen LogP contribution >= 0.6 is 11.6 Å². The van der Waals surface area contributed by atoms with Crippen molar-refractivity contribution in [3.8, 4) is 11.8 Å². The number of fused-ring (bicyclic) bond motifs is 1. The number of pyridine rings is 2. The molecule has 0 saturated heterocycles. The van der Waals surface area contributed by atoms with Crippen LogP contribution in [-0.4, -0.2) is 18.4 Å². The van der Waals surface area contributed by atoms with Gasteiger partial charge in [0.25, 0.3) is 10.0 Å². The van der Waals surface area contributed by atoms with E-state index < -0.39 is 10.0 Å². The van der Waals surface area contributed by atoms with Crippen molar-refractivity contribution in [2.75, 3.05) is 4.72 Å². The number of hydrogen-bond acceptors (Lipinski definition) is 4. The summed E-state index contributed by atoms with van der Waals surface area (Å²) in [5.41, 5.74) is 2.52. The van der Waals surface area contributed by atoms with Gasteiger partial charge in [0.15, 0.2) is 0 Å². The van der Waals surface area contributed by atoms with Crippen molar-refractivity contribution in [2.24, 2.45) is 0 Å². The van der Waals surface area contributed by atoms with Gasteiger partial charge in [0.1, 0.15) is 4.90 Å². The maximum absolute atomic E-state index is 13.3. The quantitative estimate of drug-likeness (QED) is 0.471. The van der Waals surface area contributed by atoms with Crippen LogP contribution in [0.1, 0.15) is 16.7 Å². The highest BCUT2D eigenvalue weighted by Gasteiger charge is 2.22. The van der Waals surface area contributed by atoms with Crippen molar-refractivity contribution < 1.29 is 8.42 Å². The molecule has 0 aliphatic heterocycles. The fraction of sp³-hybridized carbons (Fsp3) is 0.0435. The lowest BCUT2D eigenvalue weighted by Gasteiger charge is -2.14. The molecule has 0 saturated carbocycles. The highest BCUT2D eigenvalue weighted by molar-refractivity contribution is 7.93. The van der Waals surface area contributed by atoms with Crippen LogP contribution in [0.15, 0.2) is 78.1 Å². The van der Waals surface area contributed by atoms with Gasteiger partial charge >= 0.3 is 0 Å². The predicted octanol–water partition coefficient (Wildman–Crippen LogP) is 4.79. The van der Waals surface area contributed by atoms with Crippen LogP contribution in [0.25, 0.3) is 10.9 Å². The fourth-order valence-corrected chi connectivity index (χ4v) is 4.70. The van der Waals surface area contributed by atoms with Crippen LogP contribution < -0.4 is 4.72 Å². The van der Waals surface area contributed by atoms with Crippen LogP contribution in [0.5, 0.6) is 0 Å². The third kappa shape index (κ3) is 4.13. The second-order valence-electron chi connectivity index (χ2n) is 6.57. The van der Waals surface area contributed by atoms with Gasteiger partial charge in [-0.3, -0.25) is 14.7 Å². The zero-order valence-electron chi connectivity index (χ0n) is 15.9. The van der Waals surface area contributed by atoms with E-state index in [-0.39, 0.29) is 4.90 Å². The summed E-state index contributed by atoms with van der Waals surface area (Å²) in [5.74, 6) is 5.96. The van der Waals surface area contributed by atoms with Gasteiger partial charge in [-0.2, -0.15) is 0 Å². The minimum Gasteiger partial charge on any atom is -0.278 e. The highest BCUT2D eigenvalue weighted by Crippen LogP contribution is 2.28. The molecule has 2 aromatic heterocycles. The van der Waals surface area contributed by atoms with Crippen molar-refractivity contribution >= 4 is 38.2 Å². The minimum absolute atomic E-state index is 0.140. The minimum atomic E-state index is -3.92. The number of nitrogens with zero attached hydrogens (tertiary/aromatic N) is 2. The second-order valence-corrected chi connectivity index (χ2v) is 8.63. The van der Waals surface area contributed by atoms with Gasteiger partial charge in [-0.1, -0.05) is 41.6 Å². The first-order valence-corrected chi connectivity index (χ1v) is 10.9. The summed E-state index contributed by atoms with van der Waals surface area (Å²) in [5, 5.41) is 1.20. The van der Waals surface area contributed by atoms with Gasteiger partial charge in [-0.15, -0.1) is 0 Å². The van der Waals surface area contributed by atoms with Crippen molar-refractivity contribution in [1.29, 1.82) is 0 Å². The van der Waals surface area contributed by atoms with E-state index in [9.17, 15) is 8.42 Å². The Kier molecular flexibility index (Phi) is 5.40. The molecule has 4 rings (SSSR count). The van der Waals surface area contributed by atoms with E-state index in [0.717, 1.165) is 5.39 Å². The predicted molar refractivity (Wildman–Crippen MR) is 119 cm³/mol. The van der Waals surface area contributed by atoms with E-state index in [2.05, 4.69) is 26.5 Å². The zero-order chi connectivity index (χ0) is 21.1. The number of anilines is 1. The summed E-state index contributed by atoms with van der Waals surface area (Å²) in [6.45, 7) is 1.74. The molecule has 0 fully saturated rings. The van der Waals surface area contributed by atoms with Crippen LogP contribution in [0.2, 0.25) is 5.02 Å². The molecule has 148 valence electrons. The Hall–Kier alpha value is -3.40. The maximum atomic E-state index is 13.3. The molecule has 4 aromatic rings. The van der Waals surface area contributed by atoms with Gasteiger partial charge in [0, 0.05) is 34.6 Å².